The van der Waals surface area contributed by atoms with Crippen LogP contribution >= 0.6 is 24.0 Å². The van der Waals surface area contributed by atoms with Crippen LogP contribution in [0, 0.1) is 0 Å². The van der Waals surface area contributed by atoms with Gasteiger partial charge in [0.25, 0.3) is 5.91 Å². The van der Waals surface area contributed by atoms with Gasteiger partial charge in [-0.15, -0.1) is 24.0 Å². The second-order valence-corrected chi connectivity index (χ2v) is 7.01. The molecule has 1 aromatic heterocycles. The summed E-state index contributed by atoms with van der Waals surface area (Å²) in [5.74, 6) is 0.819. The summed E-state index contributed by atoms with van der Waals surface area (Å²) in [5.41, 5.74) is 2.51. The molecule has 2 heterocycles. The van der Waals surface area contributed by atoms with Gasteiger partial charge in [-0.25, -0.2) is 4.99 Å². The SMILES string of the molecule is CCNC(=NCc1ccccc1CN1CCOCC1)NCCNC(=O)c1ccco1.I. The molecule has 8 nitrogen and oxygen atoms in total. The molecule has 1 amide bonds. The van der Waals surface area contributed by atoms with Crippen molar-refractivity contribution in [2.75, 3.05) is 45.9 Å². The van der Waals surface area contributed by atoms with E-state index >= 15 is 0 Å². The summed E-state index contributed by atoms with van der Waals surface area (Å²) in [6.45, 7) is 8.85. The molecule has 1 fully saturated rings. The quantitative estimate of drug-likeness (QED) is 0.195. The number of halogens is 1. The van der Waals surface area contributed by atoms with Crippen LogP contribution in [-0.4, -0.2) is 62.7 Å². The first kappa shape index (κ1) is 25.2. The normalized spacial score (nSPS) is 14.5. The number of carbonyl (C=O) groups excluding carboxylic acids is 1. The Kier molecular flexibility index (Phi) is 11.4. The topological polar surface area (TPSA) is 91.1 Å². The van der Waals surface area contributed by atoms with Crippen molar-refractivity contribution in [2.45, 2.75) is 20.0 Å². The molecule has 3 N–H and O–H groups in total. The van der Waals surface area contributed by atoms with Gasteiger partial charge in [0.1, 0.15) is 0 Å². The molecule has 1 aliphatic heterocycles. The van der Waals surface area contributed by atoms with Gasteiger partial charge >= 0.3 is 0 Å². The summed E-state index contributed by atoms with van der Waals surface area (Å²) in [4.78, 5) is 19.0. The molecule has 31 heavy (non-hydrogen) atoms. The Morgan fingerprint density at radius 1 is 1.03 bits per heavy atom. The van der Waals surface area contributed by atoms with Crippen molar-refractivity contribution in [3.63, 3.8) is 0 Å². The van der Waals surface area contributed by atoms with Crippen LogP contribution in [0.4, 0.5) is 0 Å². The Labute approximate surface area is 200 Å². The van der Waals surface area contributed by atoms with Crippen LogP contribution in [0.15, 0.2) is 52.1 Å². The number of hydrogen-bond acceptors (Lipinski definition) is 5. The Balaban J connectivity index is 0.00000341. The van der Waals surface area contributed by atoms with Gasteiger partial charge in [0.05, 0.1) is 26.0 Å². The molecular weight excluding hydrogens is 509 g/mol. The molecule has 0 radical (unpaired) electrons. The number of benzene rings is 1. The van der Waals surface area contributed by atoms with Gasteiger partial charge in [0, 0.05) is 39.3 Å². The monoisotopic (exact) mass is 541 g/mol. The molecule has 1 saturated heterocycles. The molecule has 0 bridgehead atoms. The Morgan fingerprint density at radius 3 is 2.48 bits per heavy atom. The maximum atomic E-state index is 11.9. The highest BCUT2D eigenvalue weighted by molar-refractivity contribution is 14.0. The Morgan fingerprint density at radius 2 is 1.77 bits per heavy atom. The number of guanidine groups is 1. The highest BCUT2D eigenvalue weighted by Crippen LogP contribution is 2.14. The summed E-state index contributed by atoms with van der Waals surface area (Å²) in [6, 6.07) is 11.8. The highest BCUT2D eigenvalue weighted by Gasteiger charge is 2.12. The van der Waals surface area contributed by atoms with E-state index in [9.17, 15) is 4.79 Å². The number of amides is 1. The molecule has 0 unspecified atom stereocenters. The lowest BCUT2D eigenvalue weighted by atomic mass is 10.1. The molecular formula is C22H32IN5O3. The number of nitrogens with zero attached hydrogens (tertiary/aromatic N) is 2. The summed E-state index contributed by atoms with van der Waals surface area (Å²) in [6.07, 6.45) is 1.49. The van der Waals surface area contributed by atoms with Crippen molar-refractivity contribution >= 4 is 35.8 Å². The lowest BCUT2D eigenvalue weighted by molar-refractivity contribution is 0.0341. The minimum Gasteiger partial charge on any atom is -0.459 e. The summed E-state index contributed by atoms with van der Waals surface area (Å²) >= 11 is 0. The van der Waals surface area contributed by atoms with Gasteiger partial charge in [-0.1, -0.05) is 24.3 Å². The van der Waals surface area contributed by atoms with E-state index in [1.54, 1.807) is 12.1 Å². The smallest absolute Gasteiger partial charge is 0.287 e. The van der Waals surface area contributed by atoms with Crippen molar-refractivity contribution in [3.05, 3.63) is 59.5 Å². The lowest BCUT2D eigenvalue weighted by Gasteiger charge is -2.27. The number of nitrogens with one attached hydrogen (secondary N) is 3. The van der Waals surface area contributed by atoms with Gasteiger partial charge in [0.2, 0.25) is 0 Å². The largest absolute Gasteiger partial charge is 0.459 e. The predicted molar refractivity (Wildman–Crippen MR) is 132 cm³/mol. The fourth-order valence-electron chi connectivity index (χ4n) is 3.22. The zero-order valence-electron chi connectivity index (χ0n) is 17.9. The van der Waals surface area contributed by atoms with Crippen LogP contribution in [0.5, 0.6) is 0 Å². The Bertz CT molecular complexity index is 807. The van der Waals surface area contributed by atoms with E-state index in [0.717, 1.165) is 45.4 Å². The molecule has 1 aliphatic rings. The average Bonchev–Trinajstić information content (AvgIpc) is 3.31. The van der Waals surface area contributed by atoms with E-state index in [1.807, 2.05) is 6.92 Å². The van der Waals surface area contributed by atoms with Crippen LogP contribution in [0.2, 0.25) is 0 Å². The minimum atomic E-state index is -0.222. The number of hydrogen-bond donors (Lipinski definition) is 3. The van der Waals surface area contributed by atoms with Crippen molar-refractivity contribution in [2.24, 2.45) is 4.99 Å². The first-order valence-corrected chi connectivity index (χ1v) is 10.5. The van der Waals surface area contributed by atoms with Crippen LogP contribution in [0.3, 0.4) is 0 Å². The number of rotatable bonds is 9. The molecule has 2 aromatic rings. The maximum absolute atomic E-state index is 11.9. The summed E-state index contributed by atoms with van der Waals surface area (Å²) in [5, 5.41) is 9.33. The molecule has 0 saturated carbocycles. The van der Waals surface area contributed by atoms with E-state index in [-0.39, 0.29) is 29.9 Å². The van der Waals surface area contributed by atoms with Crippen LogP contribution in [-0.2, 0) is 17.8 Å². The van der Waals surface area contributed by atoms with Crippen LogP contribution < -0.4 is 16.0 Å². The number of morpholine rings is 1. The summed E-state index contributed by atoms with van der Waals surface area (Å²) < 4.78 is 10.5. The third kappa shape index (κ3) is 8.50. The van der Waals surface area contributed by atoms with Gasteiger partial charge < -0.3 is 25.1 Å². The van der Waals surface area contributed by atoms with Crippen molar-refractivity contribution in [3.8, 4) is 0 Å². The minimum absolute atomic E-state index is 0. The zero-order valence-corrected chi connectivity index (χ0v) is 20.3. The third-order valence-electron chi connectivity index (χ3n) is 4.82. The molecule has 0 spiro atoms. The molecule has 170 valence electrons. The first-order chi connectivity index (χ1) is 14.8. The number of furan rings is 1. The second kappa shape index (κ2) is 14.0. The van der Waals surface area contributed by atoms with Crippen molar-refractivity contribution in [1.82, 2.24) is 20.9 Å². The van der Waals surface area contributed by atoms with E-state index in [2.05, 4.69) is 45.1 Å². The molecule has 0 aliphatic carbocycles. The number of aliphatic imine (C=N–C) groups is 1. The van der Waals surface area contributed by atoms with E-state index in [1.165, 1.54) is 17.4 Å². The van der Waals surface area contributed by atoms with Crippen LogP contribution in [0.25, 0.3) is 0 Å². The fraction of sp³-hybridized carbons (Fsp3) is 0.455. The van der Waals surface area contributed by atoms with E-state index in [4.69, 9.17) is 14.1 Å². The predicted octanol–water partition coefficient (Wildman–Crippen LogP) is 2.21. The molecule has 0 atom stereocenters. The van der Waals surface area contributed by atoms with E-state index in [0.29, 0.717) is 25.4 Å². The second-order valence-electron chi connectivity index (χ2n) is 7.01. The number of carbonyl (C=O) groups is 1. The van der Waals surface area contributed by atoms with Gasteiger partial charge in [-0.05, 0) is 30.2 Å². The average molecular weight is 541 g/mol. The highest BCUT2D eigenvalue weighted by atomic mass is 127. The lowest BCUT2D eigenvalue weighted by Crippen LogP contribution is -2.41. The van der Waals surface area contributed by atoms with Crippen molar-refractivity contribution in [1.29, 1.82) is 0 Å². The molecule has 3 rings (SSSR count). The maximum Gasteiger partial charge on any atom is 0.287 e. The van der Waals surface area contributed by atoms with Crippen LogP contribution in [0.1, 0.15) is 28.6 Å². The standard InChI is InChI=1S/C22H31N5O3.HI/c1-2-23-22(25-10-9-24-21(28)20-8-5-13-30-20)26-16-18-6-3-4-7-19(18)17-27-11-14-29-15-12-27;/h3-8,13H,2,9-12,14-17H2,1H3,(H,24,28)(H2,23,25,26);1H. The first-order valence-electron chi connectivity index (χ1n) is 10.5. The third-order valence-corrected chi connectivity index (χ3v) is 4.82. The number of ether oxygens (including phenoxy) is 1. The molecule has 1 aromatic carbocycles. The fourth-order valence-corrected chi connectivity index (χ4v) is 3.22. The van der Waals surface area contributed by atoms with Gasteiger partial charge in [-0.3, -0.25) is 9.69 Å². The summed E-state index contributed by atoms with van der Waals surface area (Å²) in [7, 11) is 0. The van der Waals surface area contributed by atoms with Gasteiger partial charge in [0.15, 0.2) is 11.7 Å². The molecule has 9 heteroatoms. The van der Waals surface area contributed by atoms with Gasteiger partial charge in [-0.2, -0.15) is 0 Å². The zero-order chi connectivity index (χ0) is 21.0. The Hall–Kier alpha value is -2.11. The van der Waals surface area contributed by atoms with Crippen molar-refractivity contribution < 1.29 is 13.9 Å². The van der Waals surface area contributed by atoms with E-state index < -0.39 is 0 Å².